The minimum Gasteiger partial charge on any atom is -0.507 e. The van der Waals surface area contributed by atoms with E-state index in [9.17, 15) is 10.2 Å². The van der Waals surface area contributed by atoms with Crippen molar-refractivity contribution in [1.82, 2.24) is 0 Å². The Balaban J connectivity index is 3.11. The molecular formula is C9H11ClO3. The maximum absolute atomic E-state index is 9.53. The van der Waals surface area contributed by atoms with Gasteiger partial charge in [0.05, 0.1) is 18.1 Å². The van der Waals surface area contributed by atoms with Gasteiger partial charge in [0, 0.05) is 0 Å². The van der Waals surface area contributed by atoms with Crippen molar-refractivity contribution in [3.8, 4) is 17.2 Å². The predicted octanol–water partition coefficient (Wildman–Crippen LogP) is 2.24. The van der Waals surface area contributed by atoms with Crippen molar-refractivity contribution < 1.29 is 14.9 Å². The van der Waals surface area contributed by atoms with Crippen LogP contribution >= 0.6 is 11.6 Å². The second-order valence-electron chi connectivity index (χ2n) is 2.48. The van der Waals surface area contributed by atoms with Crippen LogP contribution in [0.5, 0.6) is 17.2 Å². The lowest BCUT2D eigenvalue weighted by molar-refractivity contribution is 0.315. The highest BCUT2D eigenvalue weighted by Gasteiger charge is 2.11. The zero-order chi connectivity index (χ0) is 9.84. The van der Waals surface area contributed by atoms with Gasteiger partial charge in [-0.25, -0.2) is 0 Å². The van der Waals surface area contributed by atoms with Crippen LogP contribution in [-0.2, 0) is 5.88 Å². The first kappa shape index (κ1) is 9.99. The topological polar surface area (TPSA) is 49.7 Å². The van der Waals surface area contributed by atoms with Crippen LogP contribution in [0.2, 0.25) is 0 Å². The normalized spacial score (nSPS) is 10.0. The van der Waals surface area contributed by atoms with Crippen molar-refractivity contribution in [3.63, 3.8) is 0 Å². The summed E-state index contributed by atoms with van der Waals surface area (Å²) in [6.45, 7) is 2.27. The van der Waals surface area contributed by atoms with Crippen molar-refractivity contribution in [2.75, 3.05) is 6.61 Å². The first-order chi connectivity index (χ1) is 6.20. The summed E-state index contributed by atoms with van der Waals surface area (Å²) in [7, 11) is 0. The number of phenolic OH excluding ortho intramolecular Hbond substituents is 2. The van der Waals surface area contributed by atoms with Crippen molar-refractivity contribution in [2.24, 2.45) is 0 Å². The Hall–Kier alpha value is -1.09. The molecule has 1 aromatic rings. The van der Waals surface area contributed by atoms with Gasteiger partial charge in [-0.2, -0.15) is 0 Å². The van der Waals surface area contributed by atoms with Gasteiger partial charge in [-0.05, 0) is 19.1 Å². The molecule has 0 aromatic heterocycles. The van der Waals surface area contributed by atoms with Gasteiger partial charge in [0.15, 0.2) is 11.5 Å². The Kier molecular flexibility index (Phi) is 3.25. The summed E-state index contributed by atoms with van der Waals surface area (Å²) in [6, 6.07) is 2.95. The van der Waals surface area contributed by atoms with Crippen LogP contribution < -0.4 is 4.74 Å². The second-order valence-corrected chi connectivity index (χ2v) is 2.74. The van der Waals surface area contributed by atoms with Gasteiger partial charge >= 0.3 is 0 Å². The van der Waals surface area contributed by atoms with Gasteiger partial charge in [-0.15, -0.1) is 11.6 Å². The Bertz CT molecular complexity index is 299. The van der Waals surface area contributed by atoms with Crippen molar-refractivity contribution in [2.45, 2.75) is 12.8 Å². The fraction of sp³-hybridized carbons (Fsp3) is 0.333. The highest BCUT2D eigenvalue weighted by molar-refractivity contribution is 6.17. The molecule has 1 rings (SSSR count). The molecule has 72 valence electrons. The molecule has 0 spiro atoms. The summed E-state index contributed by atoms with van der Waals surface area (Å²) >= 11 is 5.53. The molecule has 0 aliphatic heterocycles. The van der Waals surface area contributed by atoms with Gasteiger partial charge in [0.1, 0.15) is 5.75 Å². The highest BCUT2D eigenvalue weighted by atomic mass is 35.5. The maximum atomic E-state index is 9.53. The Morgan fingerprint density at radius 1 is 1.38 bits per heavy atom. The number of phenols is 2. The number of aromatic hydroxyl groups is 2. The fourth-order valence-electron chi connectivity index (χ4n) is 1.01. The number of hydrogen-bond donors (Lipinski definition) is 2. The summed E-state index contributed by atoms with van der Waals surface area (Å²) < 4.78 is 5.11. The van der Waals surface area contributed by atoms with Crippen LogP contribution in [0, 0.1) is 0 Å². The van der Waals surface area contributed by atoms with E-state index in [0.717, 1.165) is 0 Å². The molecule has 0 bridgehead atoms. The zero-order valence-electron chi connectivity index (χ0n) is 7.25. The van der Waals surface area contributed by atoms with Gasteiger partial charge in [-0.1, -0.05) is 0 Å². The first-order valence-corrected chi connectivity index (χ1v) is 4.46. The van der Waals surface area contributed by atoms with E-state index in [4.69, 9.17) is 16.3 Å². The van der Waals surface area contributed by atoms with Gasteiger partial charge in [0.2, 0.25) is 0 Å². The average molecular weight is 203 g/mol. The quantitative estimate of drug-likeness (QED) is 0.740. The molecule has 0 aliphatic carbocycles. The van der Waals surface area contributed by atoms with E-state index in [1.807, 2.05) is 6.92 Å². The van der Waals surface area contributed by atoms with E-state index in [-0.39, 0.29) is 17.4 Å². The summed E-state index contributed by atoms with van der Waals surface area (Å²) in [6.07, 6.45) is 0. The molecule has 0 fully saturated rings. The third-order valence-corrected chi connectivity index (χ3v) is 1.92. The molecule has 0 unspecified atom stereocenters. The lowest BCUT2D eigenvalue weighted by Gasteiger charge is -2.09. The van der Waals surface area contributed by atoms with Gasteiger partial charge < -0.3 is 14.9 Å². The molecule has 0 amide bonds. The maximum Gasteiger partial charge on any atom is 0.165 e. The van der Waals surface area contributed by atoms with Crippen molar-refractivity contribution in [1.29, 1.82) is 0 Å². The molecule has 13 heavy (non-hydrogen) atoms. The van der Waals surface area contributed by atoms with Crippen LogP contribution in [0.1, 0.15) is 12.5 Å². The zero-order valence-corrected chi connectivity index (χ0v) is 8.01. The number of ether oxygens (including phenoxy) is 1. The molecular weight excluding hydrogens is 192 g/mol. The van der Waals surface area contributed by atoms with E-state index >= 15 is 0 Å². The van der Waals surface area contributed by atoms with Crippen LogP contribution in [0.4, 0.5) is 0 Å². The van der Waals surface area contributed by atoms with E-state index in [1.165, 1.54) is 12.1 Å². The molecule has 3 nitrogen and oxygen atoms in total. The molecule has 0 atom stereocenters. The lowest BCUT2D eigenvalue weighted by atomic mass is 10.2. The fourth-order valence-corrected chi connectivity index (χ4v) is 1.27. The number of alkyl halides is 1. The minimum absolute atomic E-state index is 0.0176. The predicted molar refractivity (Wildman–Crippen MR) is 50.5 cm³/mol. The molecule has 2 N–H and O–H groups in total. The smallest absolute Gasteiger partial charge is 0.165 e. The van der Waals surface area contributed by atoms with E-state index < -0.39 is 0 Å². The summed E-state index contributed by atoms with van der Waals surface area (Å²) in [4.78, 5) is 0. The molecule has 0 saturated carbocycles. The third kappa shape index (κ3) is 1.98. The second kappa shape index (κ2) is 4.23. The van der Waals surface area contributed by atoms with Crippen molar-refractivity contribution >= 4 is 11.6 Å². The molecule has 1 aromatic carbocycles. The number of benzene rings is 1. The number of halogens is 1. The third-order valence-electron chi connectivity index (χ3n) is 1.65. The van der Waals surface area contributed by atoms with E-state index in [2.05, 4.69) is 0 Å². The molecule has 0 radical (unpaired) electrons. The Morgan fingerprint density at radius 3 is 2.62 bits per heavy atom. The largest absolute Gasteiger partial charge is 0.507 e. The Labute approximate surface area is 81.5 Å². The summed E-state index contributed by atoms with van der Waals surface area (Å²) in [5.74, 6) is 0.294. The SMILES string of the molecule is CCOc1ccc(O)c(CCl)c1O. The molecule has 0 saturated heterocycles. The van der Waals surface area contributed by atoms with Crippen LogP contribution in [-0.4, -0.2) is 16.8 Å². The summed E-state index contributed by atoms with van der Waals surface area (Å²) in [5, 5.41) is 18.8. The van der Waals surface area contributed by atoms with Crippen LogP contribution in [0.3, 0.4) is 0 Å². The minimum atomic E-state index is -0.0862. The van der Waals surface area contributed by atoms with Crippen molar-refractivity contribution in [3.05, 3.63) is 17.7 Å². The monoisotopic (exact) mass is 202 g/mol. The van der Waals surface area contributed by atoms with E-state index in [0.29, 0.717) is 17.9 Å². The molecule has 4 heteroatoms. The average Bonchev–Trinajstić information content (AvgIpc) is 2.11. The number of hydrogen-bond acceptors (Lipinski definition) is 3. The standard InChI is InChI=1S/C9H11ClO3/c1-2-13-8-4-3-7(11)6(5-10)9(8)12/h3-4,11-12H,2,5H2,1H3. The van der Waals surface area contributed by atoms with Crippen LogP contribution in [0.15, 0.2) is 12.1 Å². The van der Waals surface area contributed by atoms with Crippen LogP contribution in [0.25, 0.3) is 0 Å². The summed E-state index contributed by atoms with van der Waals surface area (Å²) in [5.41, 5.74) is 0.299. The lowest BCUT2D eigenvalue weighted by Crippen LogP contribution is -1.93. The molecule has 0 heterocycles. The van der Waals surface area contributed by atoms with Gasteiger partial charge in [0.25, 0.3) is 0 Å². The van der Waals surface area contributed by atoms with E-state index in [1.54, 1.807) is 0 Å². The number of rotatable bonds is 3. The highest BCUT2D eigenvalue weighted by Crippen LogP contribution is 2.36. The first-order valence-electron chi connectivity index (χ1n) is 3.93. The van der Waals surface area contributed by atoms with Gasteiger partial charge in [-0.3, -0.25) is 0 Å². The Morgan fingerprint density at radius 2 is 2.08 bits per heavy atom. The molecule has 0 aliphatic rings.